The van der Waals surface area contributed by atoms with Crippen molar-refractivity contribution in [3.05, 3.63) is 34.1 Å². The molecule has 2 rings (SSSR count). The molecule has 2 atom stereocenters. The molecule has 0 amide bonds. The van der Waals surface area contributed by atoms with Crippen LogP contribution in [0, 0.1) is 11.7 Å². The molecule has 0 spiro atoms. The fourth-order valence-electron chi connectivity index (χ4n) is 2.50. The second kappa shape index (κ2) is 6.64. The number of benzene rings is 1. The standard InChI is InChI=1S/C14H19BrFNO/c15-12-5-6-13(16)11(7-12)9-17-8-10-3-1-2-4-14(10)18/h5-7,10,14,17-18H,1-4,8-9H2. The van der Waals surface area contributed by atoms with E-state index in [4.69, 9.17) is 0 Å². The molecule has 0 radical (unpaired) electrons. The van der Waals surface area contributed by atoms with Gasteiger partial charge in [-0.1, -0.05) is 28.8 Å². The third-order valence-corrected chi connectivity index (χ3v) is 4.09. The summed E-state index contributed by atoms with van der Waals surface area (Å²) in [5.41, 5.74) is 0.662. The summed E-state index contributed by atoms with van der Waals surface area (Å²) >= 11 is 3.34. The van der Waals surface area contributed by atoms with Gasteiger partial charge in [-0.25, -0.2) is 4.39 Å². The van der Waals surface area contributed by atoms with E-state index in [0.29, 0.717) is 18.0 Å². The second-order valence-electron chi connectivity index (χ2n) is 4.98. The maximum atomic E-state index is 13.5. The maximum Gasteiger partial charge on any atom is 0.127 e. The Morgan fingerprint density at radius 3 is 2.89 bits per heavy atom. The lowest BCUT2D eigenvalue weighted by Gasteiger charge is -2.27. The van der Waals surface area contributed by atoms with E-state index >= 15 is 0 Å². The van der Waals surface area contributed by atoms with Gasteiger partial charge in [0, 0.05) is 23.1 Å². The van der Waals surface area contributed by atoms with Gasteiger partial charge in [0.1, 0.15) is 5.82 Å². The average Bonchev–Trinajstić information content (AvgIpc) is 2.36. The molecule has 2 nitrogen and oxygen atoms in total. The van der Waals surface area contributed by atoms with Gasteiger partial charge in [-0.3, -0.25) is 0 Å². The Morgan fingerprint density at radius 1 is 1.33 bits per heavy atom. The minimum atomic E-state index is -0.196. The number of rotatable bonds is 4. The lowest BCUT2D eigenvalue weighted by atomic mass is 9.86. The number of halogens is 2. The molecule has 1 aromatic carbocycles. The molecule has 0 aliphatic heterocycles. The molecule has 0 bridgehead atoms. The monoisotopic (exact) mass is 315 g/mol. The summed E-state index contributed by atoms with van der Waals surface area (Å²) in [6, 6.07) is 4.96. The SMILES string of the molecule is OC1CCCCC1CNCc1cc(Br)ccc1F. The summed E-state index contributed by atoms with van der Waals surface area (Å²) in [6.07, 6.45) is 4.08. The summed E-state index contributed by atoms with van der Waals surface area (Å²) in [4.78, 5) is 0. The first-order valence-electron chi connectivity index (χ1n) is 6.49. The predicted molar refractivity (Wildman–Crippen MR) is 73.8 cm³/mol. The Bertz CT molecular complexity index is 399. The quantitative estimate of drug-likeness (QED) is 0.894. The normalized spacial score (nSPS) is 24.2. The zero-order chi connectivity index (χ0) is 13.0. The number of nitrogens with one attached hydrogen (secondary N) is 1. The summed E-state index contributed by atoms with van der Waals surface area (Å²) in [6.45, 7) is 1.27. The van der Waals surface area contributed by atoms with Crippen LogP contribution >= 0.6 is 15.9 Å². The number of aliphatic hydroxyl groups excluding tert-OH is 1. The Kier molecular flexibility index (Phi) is 5.15. The zero-order valence-corrected chi connectivity index (χ0v) is 11.9. The van der Waals surface area contributed by atoms with Crippen LogP contribution in [0.25, 0.3) is 0 Å². The number of aliphatic hydroxyl groups is 1. The molecule has 1 fully saturated rings. The summed E-state index contributed by atoms with van der Waals surface area (Å²) < 4.78 is 14.4. The van der Waals surface area contributed by atoms with Crippen molar-refractivity contribution in [2.24, 2.45) is 5.92 Å². The highest BCUT2D eigenvalue weighted by Crippen LogP contribution is 2.23. The largest absolute Gasteiger partial charge is 0.393 e. The van der Waals surface area contributed by atoms with Gasteiger partial charge in [0.25, 0.3) is 0 Å². The van der Waals surface area contributed by atoms with Crippen molar-refractivity contribution in [2.75, 3.05) is 6.54 Å². The van der Waals surface area contributed by atoms with Gasteiger partial charge >= 0.3 is 0 Å². The summed E-state index contributed by atoms with van der Waals surface area (Å²) in [7, 11) is 0. The number of hydrogen-bond acceptors (Lipinski definition) is 2. The Morgan fingerprint density at radius 2 is 2.11 bits per heavy atom. The van der Waals surface area contributed by atoms with Crippen molar-refractivity contribution in [2.45, 2.75) is 38.3 Å². The molecule has 18 heavy (non-hydrogen) atoms. The molecule has 0 saturated heterocycles. The third-order valence-electron chi connectivity index (χ3n) is 3.60. The molecule has 0 aromatic heterocycles. The average molecular weight is 316 g/mol. The molecule has 4 heteroatoms. The topological polar surface area (TPSA) is 32.3 Å². The highest BCUT2D eigenvalue weighted by Gasteiger charge is 2.22. The number of hydrogen-bond donors (Lipinski definition) is 2. The van der Waals surface area contributed by atoms with Crippen LogP contribution in [-0.2, 0) is 6.54 Å². The van der Waals surface area contributed by atoms with Gasteiger partial charge in [0.2, 0.25) is 0 Å². The van der Waals surface area contributed by atoms with Gasteiger partial charge in [0.05, 0.1) is 6.10 Å². The molecule has 1 aliphatic carbocycles. The van der Waals surface area contributed by atoms with E-state index < -0.39 is 0 Å². The minimum absolute atomic E-state index is 0.185. The summed E-state index contributed by atoms with van der Waals surface area (Å²) in [5, 5.41) is 13.1. The summed E-state index contributed by atoms with van der Waals surface area (Å²) in [5.74, 6) is 0.129. The van der Waals surface area contributed by atoms with Crippen LogP contribution in [0.3, 0.4) is 0 Å². The molecule has 100 valence electrons. The van der Waals surface area contributed by atoms with E-state index in [1.165, 1.54) is 12.5 Å². The lowest BCUT2D eigenvalue weighted by molar-refractivity contribution is 0.0695. The second-order valence-corrected chi connectivity index (χ2v) is 5.89. The van der Waals surface area contributed by atoms with Crippen LogP contribution in [0.2, 0.25) is 0 Å². The highest BCUT2D eigenvalue weighted by atomic mass is 79.9. The van der Waals surface area contributed by atoms with Gasteiger partial charge in [0.15, 0.2) is 0 Å². The van der Waals surface area contributed by atoms with E-state index in [-0.39, 0.29) is 11.9 Å². The molecule has 1 saturated carbocycles. The van der Waals surface area contributed by atoms with Crippen LogP contribution in [0.5, 0.6) is 0 Å². The van der Waals surface area contributed by atoms with Crippen molar-refractivity contribution in [3.8, 4) is 0 Å². The molecule has 1 aliphatic rings. The van der Waals surface area contributed by atoms with Crippen molar-refractivity contribution in [3.63, 3.8) is 0 Å². The van der Waals surface area contributed by atoms with E-state index in [2.05, 4.69) is 21.2 Å². The third kappa shape index (κ3) is 3.77. The van der Waals surface area contributed by atoms with E-state index in [0.717, 1.165) is 30.3 Å². The van der Waals surface area contributed by atoms with Crippen LogP contribution in [0.1, 0.15) is 31.2 Å². The van der Waals surface area contributed by atoms with Crippen LogP contribution in [0.15, 0.2) is 22.7 Å². The minimum Gasteiger partial charge on any atom is -0.393 e. The smallest absolute Gasteiger partial charge is 0.127 e. The first kappa shape index (κ1) is 14.0. The zero-order valence-electron chi connectivity index (χ0n) is 10.3. The Hall–Kier alpha value is -0.450. The van der Waals surface area contributed by atoms with Gasteiger partial charge < -0.3 is 10.4 Å². The van der Waals surface area contributed by atoms with Gasteiger partial charge in [-0.2, -0.15) is 0 Å². The van der Waals surface area contributed by atoms with Gasteiger partial charge in [-0.15, -0.1) is 0 Å². The molecular formula is C14H19BrFNO. The van der Waals surface area contributed by atoms with Crippen molar-refractivity contribution in [1.29, 1.82) is 0 Å². The van der Waals surface area contributed by atoms with Gasteiger partial charge in [-0.05, 0) is 37.0 Å². The van der Waals surface area contributed by atoms with E-state index in [1.807, 2.05) is 0 Å². The Balaban J connectivity index is 1.82. The molecule has 0 heterocycles. The molecular weight excluding hydrogens is 297 g/mol. The van der Waals surface area contributed by atoms with Crippen molar-refractivity contribution in [1.82, 2.24) is 5.32 Å². The first-order valence-corrected chi connectivity index (χ1v) is 7.29. The maximum absolute atomic E-state index is 13.5. The first-order chi connectivity index (χ1) is 8.66. The van der Waals surface area contributed by atoms with Crippen molar-refractivity contribution < 1.29 is 9.50 Å². The van der Waals surface area contributed by atoms with Crippen LogP contribution < -0.4 is 5.32 Å². The lowest BCUT2D eigenvalue weighted by Crippen LogP contribution is -2.33. The predicted octanol–water partition coefficient (Wildman–Crippen LogP) is 3.23. The molecule has 1 aromatic rings. The highest BCUT2D eigenvalue weighted by molar-refractivity contribution is 9.10. The van der Waals surface area contributed by atoms with Crippen LogP contribution in [0.4, 0.5) is 4.39 Å². The molecule has 2 unspecified atom stereocenters. The van der Waals surface area contributed by atoms with E-state index in [1.54, 1.807) is 12.1 Å². The van der Waals surface area contributed by atoms with Crippen LogP contribution in [-0.4, -0.2) is 17.8 Å². The van der Waals surface area contributed by atoms with Crippen molar-refractivity contribution >= 4 is 15.9 Å². The fraction of sp³-hybridized carbons (Fsp3) is 0.571. The van der Waals surface area contributed by atoms with E-state index in [9.17, 15) is 9.50 Å². The fourth-order valence-corrected chi connectivity index (χ4v) is 2.91. The molecule has 2 N–H and O–H groups in total. The Labute approximate surface area is 116 Å².